The van der Waals surface area contributed by atoms with Gasteiger partial charge in [-0.25, -0.2) is 8.78 Å². The molecular formula is C23H20F2N2O4S3. The van der Waals surface area contributed by atoms with Crippen LogP contribution in [0.25, 0.3) is 17.2 Å². The fraction of sp³-hybridized carbons (Fsp3) is 0.304. The van der Waals surface area contributed by atoms with E-state index in [-0.39, 0.29) is 30.8 Å². The smallest absolute Gasteiger partial charge is 0.306 e. The molecule has 2 amide bonds. The Kier molecular flexibility index (Phi) is 7.44. The van der Waals surface area contributed by atoms with Gasteiger partial charge < -0.3 is 10.4 Å². The molecule has 1 saturated carbocycles. The fourth-order valence-electron chi connectivity index (χ4n) is 3.93. The third-order valence-electron chi connectivity index (χ3n) is 5.73. The topological polar surface area (TPSA) is 86.7 Å². The Morgan fingerprint density at radius 1 is 1.21 bits per heavy atom. The Morgan fingerprint density at radius 2 is 2.00 bits per heavy atom. The number of carbonyl (C=O) groups excluding carboxylic acids is 2. The van der Waals surface area contributed by atoms with Crippen molar-refractivity contribution in [3.8, 4) is 11.1 Å². The number of nitrogens with zero attached hydrogens (tertiary/aromatic N) is 1. The van der Waals surface area contributed by atoms with Gasteiger partial charge in [-0.3, -0.25) is 19.3 Å². The zero-order chi connectivity index (χ0) is 24.4. The Morgan fingerprint density at radius 3 is 2.71 bits per heavy atom. The van der Waals surface area contributed by atoms with Crippen molar-refractivity contribution in [3.05, 3.63) is 51.1 Å². The third-order valence-corrected chi connectivity index (χ3v) is 7.99. The Balaban J connectivity index is 1.34. The summed E-state index contributed by atoms with van der Waals surface area (Å²) in [5, 5.41) is 13.7. The number of thiocarbonyl (C=S) groups is 1. The standard InChI is InChI=1S/C23H20F2N2O4S3/c24-17-4-2-12(9-18(17)25)14-8-16(33-11-14)10-19-21(29)27(23(32)34-19)6-5-20(28)26-15-3-1-13(7-15)22(30)31/h2,4,8-11,13,15H,1,3,5-7H2,(H,26,28)(H,30,31)/b19-10-/t13-,15+/m1/s1. The predicted molar refractivity (Wildman–Crippen MR) is 131 cm³/mol. The molecule has 2 fully saturated rings. The average molecular weight is 523 g/mol. The predicted octanol–water partition coefficient (Wildman–Crippen LogP) is 4.65. The summed E-state index contributed by atoms with van der Waals surface area (Å²) in [6, 6.07) is 5.30. The SMILES string of the molecule is O=C(CCN1C(=O)/C(=C/c2cc(-c3ccc(F)c(F)c3)cs2)SC1=S)N[C@H]1CC[C@@H](C(=O)O)C1. The van der Waals surface area contributed by atoms with Gasteiger partial charge in [-0.2, -0.15) is 0 Å². The molecule has 11 heteroatoms. The van der Waals surface area contributed by atoms with Crippen LogP contribution in [0.4, 0.5) is 8.78 Å². The first-order valence-corrected chi connectivity index (χ1v) is 12.6. The molecule has 1 aromatic carbocycles. The van der Waals surface area contributed by atoms with Crippen LogP contribution in [0.15, 0.2) is 34.6 Å². The summed E-state index contributed by atoms with van der Waals surface area (Å²) in [6.07, 6.45) is 3.34. The van der Waals surface area contributed by atoms with E-state index in [1.165, 1.54) is 22.3 Å². The van der Waals surface area contributed by atoms with E-state index < -0.39 is 23.5 Å². The minimum atomic E-state index is -0.926. The van der Waals surface area contributed by atoms with E-state index in [0.717, 1.165) is 28.8 Å². The van der Waals surface area contributed by atoms with Crippen molar-refractivity contribution < 1.29 is 28.3 Å². The molecule has 0 radical (unpaired) electrons. The quantitative estimate of drug-likeness (QED) is 0.407. The molecule has 6 nitrogen and oxygen atoms in total. The summed E-state index contributed by atoms with van der Waals surface area (Å²) in [4.78, 5) is 38.7. The zero-order valence-corrected chi connectivity index (χ0v) is 20.2. The Bertz CT molecular complexity index is 1200. The van der Waals surface area contributed by atoms with Crippen LogP contribution in [0.2, 0.25) is 0 Å². The second-order valence-electron chi connectivity index (χ2n) is 8.06. The second kappa shape index (κ2) is 10.3. The number of thioether (sulfide) groups is 1. The Hall–Kier alpha value is -2.63. The molecule has 178 valence electrons. The first kappa shape index (κ1) is 24.5. The molecule has 0 unspecified atom stereocenters. The maximum absolute atomic E-state index is 13.5. The highest BCUT2D eigenvalue weighted by Crippen LogP contribution is 2.35. The van der Waals surface area contributed by atoms with Crippen LogP contribution >= 0.6 is 35.3 Å². The first-order chi connectivity index (χ1) is 16.2. The van der Waals surface area contributed by atoms with Crippen LogP contribution in [0.3, 0.4) is 0 Å². The van der Waals surface area contributed by atoms with Crippen LogP contribution in [0.5, 0.6) is 0 Å². The third kappa shape index (κ3) is 5.53. The van der Waals surface area contributed by atoms with Crippen LogP contribution in [0.1, 0.15) is 30.6 Å². The molecule has 2 atom stereocenters. The van der Waals surface area contributed by atoms with Crippen LogP contribution in [0, 0.1) is 17.6 Å². The summed E-state index contributed by atoms with van der Waals surface area (Å²) in [7, 11) is 0. The molecule has 1 saturated heterocycles. The molecular weight excluding hydrogens is 502 g/mol. The van der Waals surface area contributed by atoms with E-state index in [1.807, 2.05) is 0 Å². The molecule has 1 aliphatic heterocycles. The number of hydrogen-bond acceptors (Lipinski definition) is 6. The van der Waals surface area contributed by atoms with Crippen LogP contribution < -0.4 is 5.32 Å². The number of aliphatic carboxylic acids is 1. The van der Waals surface area contributed by atoms with Gasteiger partial charge in [0.1, 0.15) is 4.32 Å². The number of carbonyl (C=O) groups is 3. The number of carboxylic acids is 1. The summed E-state index contributed by atoms with van der Waals surface area (Å²) in [6.45, 7) is 0.132. The zero-order valence-electron chi connectivity index (χ0n) is 17.8. The van der Waals surface area contributed by atoms with E-state index >= 15 is 0 Å². The number of nitrogens with one attached hydrogen (secondary N) is 1. The van der Waals surface area contributed by atoms with Crippen molar-refractivity contribution in [2.24, 2.45) is 5.92 Å². The van der Waals surface area contributed by atoms with Gasteiger partial charge in [-0.15, -0.1) is 11.3 Å². The van der Waals surface area contributed by atoms with Gasteiger partial charge in [0.15, 0.2) is 11.6 Å². The van der Waals surface area contributed by atoms with Gasteiger partial charge in [-0.1, -0.05) is 30.0 Å². The summed E-state index contributed by atoms with van der Waals surface area (Å²) in [5.74, 6) is -3.65. The minimum absolute atomic E-state index is 0.0627. The van der Waals surface area contributed by atoms with Crippen LogP contribution in [-0.4, -0.2) is 44.7 Å². The summed E-state index contributed by atoms with van der Waals surface area (Å²) >= 11 is 7.82. The summed E-state index contributed by atoms with van der Waals surface area (Å²) in [5.41, 5.74) is 1.24. The van der Waals surface area contributed by atoms with Crippen molar-refractivity contribution in [1.82, 2.24) is 10.2 Å². The van der Waals surface area contributed by atoms with Gasteiger partial charge in [0.25, 0.3) is 5.91 Å². The van der Waals surface area contributed by atoms with Crippen LogP contribution in [-0.2, 0) is 14.4 Å². The largest absolute Gasteiger partial charge is 0.481 e. The van der Waals surface area contributed by atoms with Crippen molar-refractivity contribution in [3.63, 3.8) is 0 Å². The second-order valence-corrected chi connectivity index (χ2v) is 10.7. The number of hydrogen-bond donors (Lipinski definition) is 2. The van der Waals surface area contributed by atoms with Gasteiger partial charge in [-0.05, 0) is 60.0 Å². The highest BCUT2D eigenvalue weighted by molar-refractivity contribution is 8.26. The van der Waals surface area contributed by atoms with E-state index in [9.17, 15) is 23.2 Å². The number of halogens is 2. The average Bonchev–Trinajstić information content (AvgIpc) is 3.50. The molecule has 1 aromatic heterocycles. The lowest BCUT2D eigenvalue weighted by Crippen LogP contribution is -2.37. The number of benzene rings is 1. The normalized spacial score (nSPS) is 21.5. The minimum Gasteiger partial charge on any atom is -0.481 e. The van der Waals surface area contributed by atoms with E-state index in [4.69, 9.17) is 17.3 Å². The summed E-state index contributed by atoms with van der Waals surface area (Å²) < 4.78 is 27.1. The molecule has 2 heterocycles. The molecule has 2 aliphatic rings. The maximum Gasteiger partial charge on any atom is 0.306 e. The molecule has 34 heavy (non-hydrogen) atoms. The van der Waals surface area contributed by atoms with E-state index in [2.05, 4.69) is 5.32 Å². The van der Waals surface area contributed by atoms with E-state index in [0.29, 0.717) is 39.6 Å². The Labute approximate surface area is 208 Å². The molecule has 0 spiro atoms. The van der Waals surface area contributed by atoms with Gasteiger partial charge in [0, 0.05) is 23.9 Å². The van der Waals surface area contributed by atoms with Crippen molar-refractivity contribution in [1.29, 1.82) is 0 Å². The van der Waals surface area contributed by atoms with Gasteiger partial charge >= 0.3 is 5.97 Å². The van der Waals surface area contributed by atoms with E-state index in [1.54, 1.807) is 17.5 Å². The molecule has 1 aliphatic carbocycles. The van der Waals surface area contributed by atoms with Gasteiger partial charge in [0.2, 0.25) is 5.91 Å². The van der Waals surface area contributed by atoms with Crippen molar-refractivity contribution in [2.75, 3.05) is 6.54 Å². The van der Waals surface area contributed by atoms with Crippen molar-refractivity contribution in [2.45, 2.75) is 31.7 Å². The number of carboxylic acid groups (broad SMARTS) is 1. The lowest BCUT2D eigenvalue weighted by molar-refractivity contribution is -0.141. The number of rotatable bonds is 7. The lowest BCUT2D eigenvalue weighted by atomic mass is 10.1. The maximum atomic E-state index is 13.5. The molecule has 2 aromatic rings. The number of amides is 2. The highest BCUT2D eigenvalue weighted by atomic mass is 32.2. The molecule has 0 bridgehead atoms. The number of thiophene rings is 1. The van der Waals surface area contributed by atoms with Gasteiger partial charge in [0.05, 0.1) is 10.8 Å². The monoisotopic (exact) mass is 522 g/mol. The first-order valence-electron chi connectivity index (χ1n) is 10.5. The van der Waals surface area contributed by atoms with Crippen molar-refractivity contribution >= 4 is 63.5 Å². The fourth-order valence-corrected chi connectivity index (χ4v) is 6.15. The molecule has 2 N–H and O–H groups in total. The molecule has 4 rings (SSSR count). The lowest BCUT2D eigenvalue weighted by Gasteiger charge is -2.16. The highest BCUT2D eigenvalue weighted by Gasteiger charge is 2.33.